The molecule has 0 radical (unpaired) electrons. The van der Waals surface area contributed by atoms with Crippen LogP contribution in [0.5, 0.6) is 0 Å². The lowest BCUT2D eigenvalue weighted by atomic mass is 9.46. The zero-order valence-electron chi connectivity index (χ0n) is 15.8. The summed E-state index contributed by atoms with van der Waals surface area (Å²) < 4.78 is 0. The van der Waals surface area contributed by atoms with Crippen molar-refractivity contribution in [3.05, 3.63) is 11.6 Å². The van der Waals surface area contributed by atoms with Crippen molar-refractivity contribution in [1.82, 2.24) is 0 Å². The lowest BCUT2D eigenvalue weighted by molar-refractivity contribution is -0.132. The summed E-state index contributed by atoms with van der Waals surface area (Å²) in [5, 5.41) is 11.4. The van der Waals surface area contributed by atoms with E-state index in [4.69, 9.17) is 6.42 Å². The van der Waals surface area contributed by atoms with Gasteiger partial charge in [0.1, 0.15) is 0 Å². The van der Waals surface area contributed by atoms with E-state index in [1.165, 1.54) is 18.4 Å². The highest BCUT2D eigenvalue weighted by atomic mass is 16.3. The van der Waals surface area contributed by atoms with Crippen LogP contribution in [0.25, 0.3) is 0 Å². The molecule has 0 heterocycles. The minimum absolute atomic E-state index is 0.0209. The molecule has 136 valence electrons. The van der Waals surface area contributed by atoms with Crippen molar-refractivity contribution < 1.29 is 9.90 Å². The molecule has 0 saturated heterocycles. The van der Waals surface area contributed by atoms with E-state index in [1.807, 2.05) is 6.08 Å². The average Bonchev–Trinajstić information content (AvgIpc) is 2.85. The second-order valence-corrected chi connectivity index (χ2v) is 9.70. The summed E-state index contributed by atoms with van der Waals surface area (Å²) in [6, 6.07) is 0. The molecule has 0 aromatic carbocycles. The van der Waals surface area contributed by atoms with Crippen molar-refractivity contribution in [2.75, 3.05) is 0 Å². The molecule has 0 aromatic rings. The maximum absolute atomic E-state index is 11.9. The number of hydrogen-bond acceptors (Lipinski definition) is 2. The topological polar surface area (TPSA) is 37.3 Å². The Morgan fingerprint density at radius 2 is 1.92 bits per heavy atom. The number of terminal acetylenes is 1. The third-order valence-electron chi connectivity index (χ3n) is 8.97. The molecule has 3 saturated carbocycles. The quantitative estimate of drug-likeness (QED) is 0.742. The van der Waals surface area contributed by atoms with E-state index in [-0.39, 0.29) is 10.8 Å². The average molecular weight is 341 g/mol. The minimum atomic E-state index is -0.575. The molecule has 1 N–H and O–H groups in total. The standard InChI is InChI=1S/C23H32O2/c1-4-5-11-23(25)14-10-20-18-7-6-16-15-17(24)8-12-21(16,2)19(18)9-13-22(20,23)3/h1,15,18-20,25H,5-14H2,2-3H3/t18-,19+,20+,21+,22+,23+/m1/s1. The molecule has 0 unspecified atom stereocenters. The maximum Gasteiger partial charge on any atom is 0.155 e. The predicted octanol–water partition coefficient (Wildman–Crippen LogP) is 4.66. The largest absolute Gasteiger partial charge is 0.389 e. The summed E-state index contributed by atoms with van der Waals surface area (Å²) in [4.78, 5) is 11.9. The Morgan fingerprint density at radius 3 is 2.68 bits per heavy atom. The van der Waals surface area contributed by atoms with Gasteiger partial charge >= 0.3 is 0 Å². The van der Waals surface area contributed by atoms with Crippen molar-refractivity contribution in [2.24, 2.45) is 28.6 Å². The van der Waals surface area contributed by atoms with E-state index in [2.05, 4.69) is 19.8 Å². The van der Waals surface area contributed by atoms with Gasteiger partial charge in [-0.2, -0.15) is 0 Å². The summed E-state index contributed by atoms with van der Waals surface area (Å²) >= 11 is 0. The number of aliphatic hydroxyl groups is 1. The SMILES string of the molecule is C#CCC[C@]1(O)CC[C@H]2[C@@H]3CCC4=CC(=O)CC[C@]4(C)[C@H]3CC[C@@]21C. The van der Waals surface area contributed by atoms with Crippen LogP contribution in [0.15, 0.2) is 11.6 Å². The van der Waals surface area contributed by atoms with Crippen molar-refractivity contribution in [3.8, 4) is 12.3 Å². The molecule has 0 spiro atoms. The van der Waals surface area contributed by atoms with Crippen LogP contribution in [0.4, 0.5) is 0 Å². The maximum atomic E-state index is 11.9. The molecule has 2 nitrogen and oxygen atoms in total. The van der Waals surface area contributed by atoms with Crippen LogP contribution in [0.2, 0.25) is 0 Å². The minimum Gasteiger partial charge on any atom is -0.389 e. The number of carbonyl (C=O) groups excluding carboxylic acids is 1. The third-order valence-corrected chi connectivity index (χ3v) is 8.97. The Kier molecular flexibility index (Phi) is 3.97. The van der Waals surface area contributed by atoms with E-state index < -0.39 is 5.60 Å². The van der Waals surface area contributed by atoms with Gasteiger partial charge in [-0.1, -0.05) is 19.4 Å². The van der Waals surface area contributed by atoms with Gasteiger partial charge in [-0.15, -0.1) is 12.3 Å². The number of hydrogen-bond donors (Lipinski definition) is 1. The van der Waals surface area contributed by atoms with Crippen LogP contribution < -0.4 is 0 Å². The molecule has 2 heteroatoms. The van der Waals surface area contributed by atoms with Gasteiger partial charge in [-0.25, -0.2) is 0 Å². The lowest BCUT2D eigenvalue weighted by Crippen LogP contribution is -2.54. The highest BCUT2D eigenvalue weighted by molar-refractivity contribution is 5.91. The Balaban J connectivity index is 1.64. The normalized spacial score (nSPS) is 48.8. The molecule has 25 heavy (non-hydrogen) atoms. The van der Waals surface area contributed by atoms with Gasteiger partial charge in [0, 0.05) is 12.8 Å². The van der Waals surface area contributed by atoms with Crippen molar-refractivity contribution in [3.63, 3.8) is 0 Å². The van der Waals surface area contributed by atoms with Gasteiger partial charge < -0.3 is 5.11 Å². The van der Waals surface area contributed by atoms with Gasteiger partial charge in [-0.3, -0.25) is 4.79 Å². The molecular weight excluding hydrogens is 308 g/mol. The number of rotatable bonds is 2. The fourth-order valence-electron chi connectivity index (χ4n) is 7.36. The van der Waals surface area contributed by atoms with Crippen molar-refractivity contribution >= 4 is 5.78 Å². The second kappa shape index (κ2) is 5.71. The first-order chi connectivity index (χ1) is 11.8. The second-order valence-electron chi connectivity index (χ2n) is 9.70. The molecule has 4 aliphatic rings. The van der Waals surface area contributed by atoms with Crippen LogP contribution in [-0.2, 0) is 4.79 Å². The summed E-state index contributed by atoms with van der Waals surface area (Å²) in [6.07, 6.45) is 17.3. The van der Waals surface area contributed by atoms with Gasteiger partial charge in [0.05, 0.1) is 5.60 Å². The zero-order chi connectivity index (χ0) is 17.9. The van der Waals surface area contributed by atoms with Crippen molar-refractivity contribution in [2.45, 2.75) is 83.7 Å². The monoisotopic (exact) mass is 340 g/mol. The van der Waals surface area contributed by atoms with Crippen LogP contribution in [0.3, 0.4) is 0 Å². The molecule has 4 aliphatic carbocycles. The summed E-state index contributed by atoms with van der Waals surface area (Å²) in [5.74, 6) is 5.07. The number of carbonyl (C=O) groups is 1. The molecule has 4 rings (SSSR count). The molecule has 0 bridgehead atoms. The Morgan fingerprint density at radius 1 is 1.16 bits per heavy atom. The van der Waals surface area contributed by atoms with Crippen LogP contribution in [0, 0.1) is 40.9 Å². The lowest BCUT2D eigenvalue weighted by Gasteiger charge is -2.59. The first kappa shape index (κ1) is 17.3. The summed E-state index contributed by atoms with van der Waals surface area (Å²) in [7, 11) is 0. The van der Waals surface area contributed by atoms with Crippen LogP contribution >= 0.6 is 0 Å². The van der Waals surface area contributed by atoms with E-state index in [0.29, 0.717) is 30.0 Å². The number of fused-ring (bicyclic) bond motifs is 5. The highest BCUT2D eigenvalue weighted by Crippen LogP contribution is 2.68. The van der Waals surface area contributed by atoms with Crippen LogP contribution in [0.1, 0.15) is 78.1 Å². The molecule has 6 atom stereocenters. The van der Waals surface area contributed by atoms with E-state index in [9.17, 15) is 9.90 Å². The fraction of sp³-hybridized carbons (Fsp3) is 0.783. The van der Waals surface area contributed by atoms with E-state index in [1.54, 1.807) is 0 Å². The first-order valence-electron chi connectivity index (χ1n) is 10.2. The third kappa shape index (κ3) is 2.31. The van der Waals surface area contributed by atoms with Gasteiger partial charge in [0.25, 0.3) is 0 Å². The van der Waals surface area contributed by atoms with Gasteiger partial charge in [-0.05, 0) is 86.0 Å². The smallest absolute Gasteiger partial charge is 0.155 e. The first-order valence-corrected chi connectivity index (χ1v) is 10.2. The zero-order valence-corrected chi connectivity index (χ0v) is 15.8. The molecule has 0 aromatic heterocycles. The fourth-order valence-corrected chi connectivity index (χ4v) is 7.36. The highest BCUT2D eigenvalue weighted by Gasteiger charge is 2.63. The Labute approximate surface area is 152 Å². The molecule has 0 amide bonds. The van der Waals surface area contributed by atoms with E-state index >= 15 is 0 Å². The Hall–Kier alpha value is -1.07. The van der Waals surface area contributed by atoms with E-state index in [0.717, 1.165) is 44.9 Å². The van der Waals surface area contributed by atoms with Gasteiger partial charge in [0.2, 0.25) is 0 Å². The number of ketones is 1. The number of allylic oxidation sites excluding steroid dienone is 1. The van der Waals surface area contributed by atoms with Gasteiger partial charge in [0.15, 0.2) is 5.78 Å². The predicted molar refractivity (Wildman–Crippen MR) is 99.7 cm³/mol. The summed E-state index contributed by atoms with van der Waals surface area (Å²) in [5.41, 5.74) is 1.09. The van der Waals surface area contributed by atoms with Crippen LogP contribution in [-0.4, -0.2) is 16.5 Å². The van der Waals surface area contributed by atoms with Crippen molar-refractivity contribution in [1.29, 1.82) is 0 Å². The summed E-state index contributed by atoms with van der Waals surface area (Å²) in [6.45, 7) is 4.76. The molecule has 3 fully saturated rings. The molecular formula is C23H32O2. The molecule has 0 aliphatic heterocycles. The Bertz CT molecular complexity index is 655.